The summed E-state index contributed by atoms with van der Waals surface area (Å²) in [5.74, 6) is 1.24. The third kappa shape index (κ3) is 6.94. The maximum atomic E-state index is 13.1. The van der Waals surface area contributed by atoms with Gasteiger partial charge in [0.15, 0.2) is 5.16 Å². The maximum absolute atomic E-state index is 13.1. The van der Waals surface area contributed by atoms with Gasteiger partial charge in [0.25, 0.3) is 10.0 Å². The first-order chi connectivity index (χ1) is 16.1. The molecule has 7 nitrogen and oxygen atoms in total. The molecule has 0 aliphatic carbocycles. The quantitative estimate of drug-likeness (QED) is 0.250. The van der Waals surface area contributed by atoms with Crippen LogP contribution in [0.2, 0.25) is 0 Å². The number of aliphatic hydroxyl groups is 1. The van der Waals surface area contributed by atoms with Gasteiger partial charge in [-0.3, -0.25) is 4.72 Å². The van der Waals surface area contributed by atoms with Crippen molar-refractivity contribution in [3.8, 4) is 0 Å². The van der Waals surface area contributed by atoms with Gasteiger partial charge in [0.2, 0.25) is 0 Å². The van der Waals surface area contributed by atoms with Crippen molar-refractivity contribution in [3.63, 3.8) is 0 Å². The summed E-state index contributed by atoms with van der Waals surface area (Å²) in [6, 6.07) is 18.1. The van der Waals surface area contributed by atoms with Crippen LogP contribution in [0.3, 0.4) is 0 Å². The minimum absolute atomic E-state index is 0.0305. The van der Waals surface area contributed by atoms with Gasteiger partial charge >= 0.3 is 0 Å². The summed E-state index contributed by atoms with van der Waals surface area (Å²) < 4.78 is 28.7. The van der Waals surface area contributed by atoms with Crippen LogP contribution in [0.1, 0.15) is 45.2 Å². The molecule has 0 fully saturated rings. The molecule has 0 amide bonds. The summed E-state index contributed by atoms with van der Waals surface area (Å²) in [7, 11) is -3.84. The van der Waals surface area contributed by atoms with Crippen LogP contribution >= 0.6 is 11.8 Å². The predicted molar refractivity (Wildman–Crippen MR) is 139 cm³/mol. The molecule has 3 rings (SSSR count). The number of thioether (sulfide) groups is 1. The lowest BCUT2D eigenvalue weighted by molar-refractivity contribution is 0.281. The van der Waals surface area contributed by atoms with Gasteiger partial charge in [0, 0.05) is 17.9 Å². The fourth-order valence-corrected chi connectivity index (χ4v) is 4.93. The van der Waals surface area contributed by atoms with Crippen LogP contribution < -0.4 is 10.0 Å². The van der Waals surface area contributed by atoms with Crippen LogP contribution in [0.25, 0.3) is 0 Å². The van der Waals surface area contributed by atoms with Gasteiger partial charge < -0.3 is 10.4 Å². The highest BCUT2D eigenvalue weighted by Gasteiger charge is 2.21. The second-order valence-corrected chi connectivity index (χ2v) is 11.4. The Balaban J connectivity index is 1.85. The molecule has 0 saturated heterocycles. The highest BCUT2D eigenvalue weighted by Crippen LogP contribution is 2.28. The summed E-state index contributed by atoms with van der Waals surface area (Å²) >= 11 is 1.41. The van der Waals surface area contributed by atoms with E-state index < -0.39 is 10.0 Å². The van der Waals surface area contributed by atoms with Gasteiger partial charge in [0.1, 0.15) is 11.6 Å². The van der Waals surface area contributed by atoms with Gasteiger partial charge in [0.05, 0.1) is 11.5 Å². The number of hydrogen-bond donors (Lipinski definition) is 3. The molecule has 3 N–H and O–H groups in total. The van der Waals surface area contributed by atoms with Crippen LogP contribution in [0.5, 0.6) is 0 Å². The minimum atomic E-state index is -3.84. The van der Waals surface area contributed by atoms with Gasteiger partial charge in [-0.25, -0.2) is 18.4 Å². The van der Waals surface area contributed by atoms with Crippen LogP contribution in [0.15, 0.2) is 70.7 Å². The first-order valence-corrected chi connectivity index (χ1v) is 13.7. The Morgan fingerprint density at radius 3 is 2.29 bits per heavy atom. The van der Waals surface area contributed by atoms with Gasteiger partial charge in [-0.05, 0) is 42.0 Å². The largest absolute Gasteiger partial charge is 0.394 e. The van der Waals surface area contributed by atoms with Crippen molar-refractivity contribution in [2.45, 2.75) is 61.4 Å². The first-order valence-electron chi connectivity index (χ1n) is 11.2. The molecule has 9 heteroatoms. The summed E-state index contributed by atoms with van der Waals surface area (Å²) in [6.45, 7) is 8.09. The molecular weight excluding hydrogens is 468 g/mol. The minimum Gasteiger partial charge on any atom is -0.394 e. The lowest BCUT2D eigenvalue weighted by atomic mass is 9.82. The van der Waals surface area contributed by atoms with Crippen molar-refractivity contribution in [3.05, 3.63) is 71.8 Å². The molecule has 1 atom stereocenters. The normalized spacial score (nSPS) is 12.9. The van der Waals surface area contributed by atoms with E-state index in [2.05, 4.69) is 40.8 Å². The number of nitrogens with one attached hydrogen (secondary N) is 2. The van der Waals surface area contributed by atoms with E-state index >= 15 is 0 Å². The van der Waals surface area contributed by atoms with Crippen molar-refractivity contribution in [2.75, 3.05) is 16.6 Å². The van der Waals surface area contributed by atoms with E-state index in [0.29, 0.717) is 16.7 Å². The topological polar surface area (TPSA) is 104 Å². The molecular formula is C25H32N4O3S2. The fraction of sp³-hybridized carbons (Fsp3) is 0.360. The van der Waals surface area contributed by atoms with E-state index in [1.54, 1.807) is 12.1 Å². The number of aromatic nitrogens is 2. The van der Waals surface area contributed by atoms with Crippen molar-refractivity contribution in [2.24, 2.45) is 0 Å². The number of rotatable bonds is 11. The number of sulfonamides is 1. The standard InChI is InChI=1S/C25H32N4O3S2/c1-5-25(3,4)20-11-13-21(14-12-20)34(31,32)29-23-15-22(26-18(2)16-30)27-24(28-23)33-17-19-9-7-6-8-10-19/h6-15,18,30H,5,16-17H2,1-4H3,(H2,26,27,28,29)/t18-/m1/s1. The fourth-order valence-electron chi connectivity index (χ4n) is 3.12. The van der Waals surface area contributed by atoms with Crippen molar-refractivity contribution in [1.29, 1.82) is 0 Å². The highest BCUT2D eigenvalue weighted by atomic mass is 32.2. The highest BCUT2D eigenvalue weighted by molar-refractivity contribution is 7.98. The molecule has 1 heterocycles. The first kappa shape index (κ1) is 26.0. The third-order valence-corrected chi connectivity index (χ3v) is 7.94. The molecule has 0 saturated carbocycles. The zero-order valence-corrected chi connectivity index (χ0v) is 21.6. The van der Waals surface area contributed by atoms with Gasteiger partial charge in [-0.15, -0.1) is 0 Å². The molecule has 0 radical (unpaired) electrons. The van der Waals surface area contributed by atoms with E-state index in [9.17, 15) is 13.5 Å². The average molecular weight is 501 g/mol. The number of anilines is 2. The Morgan fingerprint density at radius 1 is 1.03 bits per heavy atom. The van der Waals surface area contributed by atoms with E-state index in [1.165, 1.54) is 17.8 Å². The number of aliphatic hydroxyl groups excluding tert-OH is 1. The van der Waals surface area contributed by atoms with Gasteiger partial charge in [-0.2, -0.15) is 0 Å². The van der Waals surface area contributed by atoms with E-state index in [1.807, 2.05) is 49.4 Å². The molecule has 0 aliphatic rings. The summed E-state index contributed by atoms with van der Waals surface area (Å²) in [5.41, 5.74) is 2.16. The second kappa shape index (κ2) is 11.2. The Morgan fingerprint density at radius 2 is 1.68 bits per heavy atom. The molecule has 1 aromatic heterocycles. The molecule has 182 valence electrons. The zero-order chi connectivity index (χ0) is 24.8. The number of benzene rings is 2. The Bertz CT molecular complexity index is 1180. The van der Waals surface area contributed by atoms with Crippen molar-refractivity contribution < 1.29 is 13.5 Å². The molecule has 34 heavy (non-hydrogen) atoms. The van der Waals surface area contributed by atoms with E-state index in [4.69, 9.17) is 0 Å². The Hall–Kier alpha value is -2.62. The smallest absolute Gasteiger partial charge is 0.263 e. The molecule has 0 bridgehead atoms. The number of nitrogens with zero attached hydrogens (tertiary/aromatic N) is 2. The van der Waals surface area contributed by atoms with Crippen LogP contribution in [-0.4, -0.2) is 36.1 Å². The maximum Gasteiger partial charge on any atom is 0.263 e. The second-order valence-electron chi connectivity index (χ2n) is 8.79. The molecule has 0 spiro atoms. The Labute approximate surface area is 206 Å². The van der Waals surface area contributed by atoms with Crippen LogP contribution in [-0.2, 0) is 21.2 Å². The van der Waals surface area contributed by atoms with Crippen molar-refractivity contribution >= 4 is 33.4 Å². The van der Waals surface area contributed by atoms with Crippen LogP contribution in [0.4, 0.5) is 11.6 Å². The zero-order valence-electron chi connectivity index (χ0n) is 19.9. The molecule has 3 aromatic rings. The van der Waals surface area contributed by atoms with Crippen LogP contribution in [0, 0.1) is 0 Å². The summed E-state index contributed by atoms with van der Waals surface area (Å²) in [6.07, 6.45) is 0.948. The third-order valence-electron chi connectivity index (χ3n) is 5.65. The number of hydrogen-bond acceptors (Lipinski definition) is 7. The summed E-state index contributed by atoms with van der Waals surface area (Å²) in [4.78, 5) is 9.07. The lowest BCUT2D eigenvalue weighted by Crippen LogP contribution is -2.21. The van der Waals surface area contributed by atoms with E-state index in [-0.39, 0.29) is 28.8 Å². The molecule has 0 unspecified atom stereocenters. The Kier molecular flexibility index (Phi) is 8.57. The SMILES string of the molecule is CCC(C)(C)c1ccc(S(=O)(=O)Nc2cc(N[C@H](C)CO)nc(SCc3ccccc3)n2)cc1. The van der Waals surface area contributed by atoms with E-state index in [0.717, 1.165) is 17.5 Å². The predicted octanol–water partition coefficient (Wildman–Crippen LogP) is 5.05. The molecule has 2 aromatic carbocycles. The summed E-state index contributed by atoms with van der Waals surface area (Å²) in [5, 5.41) is 12.9. The monoisotopic (exact) mass is 500 g/mol. The van der Waals surface area contributed by atoms with Crippen molar-refractivity contribution in [1.82, 2.24) is 9.97 Å². The molecule has 0 aliphatic heterocycles. The van der Waals surface area contributed by atoms with Gasteiger partial charge in [-0.1, -0.05) is 75.0 Å². The average Bonchev–Trinajstić information content (AvgIpc) is 2.83. The lowest BCUT2D eigenvalue weighted by Gasteiger charge is -2.23.